The summed E-state index contributed by atoms with van der Waals surface area (Å²) >= 11 is 6.04. The summed E-state index contributed by atoms with van der Waals surface area (Å²) < 4.78 is 14.1. The number of hydrogen-bond donors (Lipinski definition) is 1. The third kappa shape index (κ3) is 5.20. The first-order chi connectivity index (χ1) is 16.5. The van der Waals surface area contributed by atoms with Crippen molar-refractivity contribution in [3.63, 3.8) is 0 Å². The van der Waals surface area contributed by atoms with Crippen LogP contribution in [-0.4, -0.2) is 51.5 Å². The number of aliphatic hydroxyl groups excluding tert-OH is 1. The molecule has 34 heavy (non-hydrogen) atoms. The normalized spacial score (nSPS) is 18.4. The third-order valence-corrected chi connectivity index (χ3v) is 6.39. The summed E-state index contributed by atoms with van der Waals surface area (Å²) in [5.74, 6) is 2.51. The number of halogens is 1. The second-order valence-corrected chi connectivity index (χ2v) is 9.10. The highest BCUT2D eigenvalue weighted by atomic mass is 35.5. The second kappa shape index (κ2) is 10.1. The van der Waals surface area contributed by atoms with Crippen LogP contribution in [-0.2, 0) is 13.1 Å². The number of imidazole rings is 1. The molecule has 3 aromatic carbocycles. The molecule has 1 aliphatic heterocycles. The summed E-state index contributed by atoms with van der Waals surface area (Å²) in [5.41, 5.74) is 3.31. The van der Waals surface area contributed by atoms with Crippen molar-refractivity contribution in [1.29, 1.82) is 0 Å². The van der Waals surface area contributed by atoms with Gasteiger partial charge in [0.25, 0.3) is 0 Å². The van der Waals surface area contributed by atoms with Gasteiger partial charge in [-0.15, -0.1) is 0 Å². The number of benzene rings is 3. The number of likely N-dealkylation sites (tertiary alicyclic amines) is 1. The van der Waals surface area contributed by atoms with E-state index in [4.69, 9.17) is 21.1 Å². The Labute approximate surface area is 204 Å². The van der Waals surface area contributed by atoms with E-state index in [2.05, 4.69) is 32.7 Å². The zero-order valence-electron chi connectivity index (χ0n) is 19.1. The van der Waals surface area contributed by atoms with Crippen LogP contribution in [0.2, 0.25) is 5.02 Å². The van der Waals surface area contributed by atoms with Crippen molar-refractivity contribution < 1.29 is 14.6 Å². The Morgan fingerprint density at radius 3 is 2.65 bits per heavy atom. The molecule has 6 nitrogen and oxygen atoms in total. The van der Waals surface area contributed by atoms with E-state index in [0.29, 0.717) is 30.5 Å². The number of aliphatic hydroxyl groups is 1. The number of fused-ring (bicyclic) bond motifs is 1. The maximum atomic E-state index is 10.4. The first-order valence-electron chi connectivity index (χ1n) is 11.5. The van der Waals surface area contributed by atoms with E-state index >= 15 is 0 Å². The van der Waals surface area contributed by atoms with E-state index in [1.807, 2.05) is 49.4 Å². The van der Waals surface area contributed by atoms with Crippen LogP contribution in [0.25, 0.3) is 11.0 Å². The molecule has 1 N–H and O–H groups in total. The zero-order chi connectivity index (χ0) is 23.5. The van der Waals surface area contributed by atoms with E-state index in [-0.39, 0.29) is 6.10 Å². The minimum Gasteiger partial charge on any atom is -0.492 e. The number of nitrogens with zero attached hydrogens (tertiary/aromatic N) is 3. The Morgan fingerprint density at radius 1 is 1.00 bits per heavy atom. The molecule has 1 aromatic heterocycles. The van der Waals surface area contributed by atoms with Crippen molar-refractivity contribution >= 4 is 22.6 Å². The second-order valence-electron chi connectivity index (χ2n) is 8.67. The summed E-state index contributed by atoms with van der Waals surface area (Å²) in [5, 5.41) is 11.1. The molecule has 0 amide bonds. The average Bonchev–Trinajstić information content (AvgIpc) is 3.33. The molecule has 176 valence electrons. The van der Waals surface area contributed by atoms with E-state index in [1.54, 1.807) is 12.1 Å². The molecule has 0 bridgehead atoms. The van der Waals surface area contributed by atoms with Crippen LogP contribution in [0, 0.1) is 6.92 Å². The van der Waals surface area contributed by atoms with Gasteiger partial charge in [0.15, 0.2) is 0 Å². The van der Waals surface area contributed by atoms with Gasteiger partial charge in [0, 0.05) is 24.7 Å². The fourth-order valence-electron chi connectivity index (χ4n) is 4.48. The fraction of sp³-hybridized carbons (Fsp3) is 0.296. The molecule has 1 fully saturated rings. The smallest absolute Gasteiger partial charge is 0.138 e. The highest BCUT2D eigenvalue weighted by Crippen LogP contribution is 2.23. The number of rotatable bonds is 8. The van der Waals surface area contributed by atoms with Gasteiger partial charge in [-0.25, -0.2) is 4.98 Å². The molecule has 2 atom stereocenters. The zero-order valence-corrected chi connectivity index (χ0v) is 19.9. The maximum Gasteiger partial charge on any atom is 0.138 e. The number of para-hydroxylation sites is 2. The van der Waals surface area contributed by atoms with Crippen molar-refractivity contribution in [3.05, 3.63) is 89.2 Å². The van der Waals surface area contributed by atoms with E-state index < -0.39 is 6.10 Å². The third-order valence-electron chi connectivity index (χ3n) is 6.15. The predicted molar refractivity (Wildman–Crippen MR) is 134 cm³/mol. The van der Waals surface area contributed by atoms with E-state index in [1.165, 1.54) is 5.56 Å². The Hall–Kier alpha value is -3.06. The van der Waals surface area contributed by atoms with Crippen molar-refractivity contribution in [2.24, 2.45) is 0 Å². The van der Waals surface area contributed by atoms with Crippen molar-refractivity contribution in [2.45, 2.75) is 32.2 Å². The molecule has 1 saturated heterocycles. The molecule has 4 aromatic rings. The molecule has 5 rings (SSSR count). The lowest BCUT2D eigenvalue weighted by Gasteiger charge is -2.17. The van der Waals surface area contributed by atoms with E-state index in [0.717, 1.165) is 35.7 Å². The van der Waals surface area contributed by atoms with Crippen LogP contribution >= 0.6 is 11.6 Å². The van der Waals surface area contributed by atoms with Gasteiger partial charge < -0.3 is 19.1 Å². The summed E-state index contributed by atoms with van der Waals surface area (Å²) in [6.45, 7) is 5.31. The van der Waals surface area contributed by atoms with Crippen LogP contribution in [0.3, 0.4) is 0 Å². The molecule has 0 unspecified atom stereocenters. The summed E-state index contributed by atoms with van der Waals surface area (Å²) in [7, 11) is 0. The van der Waals surface area contributed by atoms with Crippen molar-refractivity contribution in [2.75, 3.05) is 19.7 Å². The lowest BCUT2D eigenvalue weighted by molar-refractivity contribution is 0.0737. The minimum absolute atomic E-state index is 0.274. The van der Waals surface area contributed by atoms with Crippen LogP contribution < -0.4 is 9.47 Å². The van der Waals surface area contributed by atoms with Crippen molar-refractivity contribution in [3.8, 4) is 11.5 Å². The fourth-order valence-corrected chi connectivity index (χ4v) is 4.66. The van der Waals surface area contributed by atoms with Crippen molar-refractivity contribution in [1.82, 2.24) is 14.5 Å². The topological polar surface area (TPSA) is 59.8 Å². The highest BCUT2D eigenvalue weighted by Gasteiger charge is 2.33. The van der Waals surface area contributed by atoms with Crippen LogP contribution in [0.1, 0.15) is 11.4 Å². The van der Waals surface area contributed by atoms with Gasteiger partial charge in [-0.3, -0.25) is 4.90 Å². The molecule has 2 heterocycles. The number of hydrogen-bond acceptors (Lipinski definition) is 5. The number of ether oxygens (including phenoxy) is 2. The number of aryl methyl sites for hydroxylation is 1. The van der Waals surface area contributed by atoms with Gasteiger partial charge in [0.1, 0.15) is 36.1 Å². The van der Waals surface area contributed by atoms with Crippen LogP contribution in [0.15, 0.2) is 72.8 Å². The van der Waals surface area contributed by atoms with Gasteiger partial charge in [-0.1, -0.05) is 41.9 Å². The Kier molecular flexibility index (Phi) is 6.72. The monoisotopic (exact) mass is 477 g/mol. The lowest BCUT2D eigenvalue weighted by atomic mass is 10.2. The molecule has 7 heteroatoms. The Balaban J connectivity index is 1.12. The molecule has 0 aliphatic carbocycles. The Bertz CT molecular complexity index is 1260. The average molecular weight is 478 g/mol. The minimum atomic E-state index is -0.538. The summed E-state index contributed by atoms with van der Waals surface area (Å²) in [6, 6.07) is 23.6. The van der Waals surface area contributed by atoms with Gasteiger partial charge in [-0.2, -0.15) is 0 Å². The highest BCUT2D eigenvalue weighted by molar-refractivity contribution is 6.30. The first kappa shape index (κ1) is 22.7. The van der Waals surface area contributed by atoms with Crippen LogP contribution in [0.4, 0.5) is 0 Å². The molecular formula is C27H28ClN3O3. The quantitative estimate of drug-likeness (QED) is 0.398. The number of β-amino-alcohol motifs (C(OH)–C–C–N with tert-alkyl or cyclic N) is 1. The summed E-state index contributed by atoms with van der Waals surface area (Å²) in [4.78, 5) is 6.80. The molecule has 0 saturated carbocycles. The molecular weight excluding hydrogens is 450 g/mol. The molecule has 0 spiro atoms. The standard InChI is InChI=1S/C27H28ClN3O3/c1-19-29-24-7-2-3-8-25(24)31(19)13-14-33-22-11-9-20(10-12-22)16-30-17-26(32)27(18-30)34-23-6-4-5-21(28)15-23/h2-12,15,26-27,32H,13-14,16-18H2,1H3/t26-,27-/m0/s1. The van der Waals surface area contributed by atoms with Gasteiger partial charge in [0.05, 0.1) is 17.6 Å². The SMILES string of the molecule is Cc1nc2ccccc2n1CCOc1ccc(CN2C[C@H](Oc3cccc(Cl)c3)[C@@H](O)C2)cc1. The predicted octanol–water partition coefficient (Wildman–Crippen LogP) is 4.70. The van der Waals surface area contributed by atoms with Gasteiger partial charge >= 0.3 is 0 Å². The van der Waals surface area contributed by atoms with Gasteiger partial charge in [0.2, 0.25) is 0 Å². The summed E-state index contributed by atoms with van der Waals surface area (Å²) in [6.07, 6.45) is -0.812. The van der Waals surface area contributed by atoms with Crippen LogP contribution in [0.5, 0.6) is 11.5 Å². The lowest BCUT2D eigenvalue weighted by Crippen LogP contribution is -2.29. The number of aromatic nitrogens is 2. The maximum absolute atomic E-state index is 10.4. The first-order valence-corrected chi connectivity index (χ1v) is 11.9. The van der Waals surface area contributed by atoms with E-state index in [9.17, 15) is 5.11 Å². The molecule has 0 radical (unpaired) electrons. The largest absolute Gasteiger partial charge is 0.492 e. The molecule has 1 aliphatic rings. The Morgan fingerprint density at radius 2 is 1.82 bits per heavy atom. The van der Waals surface area contributed by atoms with Gasteiger partial charge in [-0.05, 0) is 55.0 Å².